The summed E-state index contributed by atoms with van der Waals surface area (Å²) in [5, 5.41) is 6.54. The van der Waals surface area contributed by atoms with Crippen molar-refractivity contribution < 1.29 is 9.59 Å². The van der Waals surface area contributed by atoms with Crippen LogP contribution in [0.5, 0.6) is 0 Å². The number of anilines is 1. The quantitative estimate of drug-likeness (QED) is 0.391. The fraction of sp³-hybridized carbons (Fsp3) is 0.100. The molecule has 1 aromatic heterocycles. The zero-order chi connectivity index (χ0) is 21.0. The summed E-state index contributed by atoms with van der Waals surface area (Å²) in [7, 11) is 1.69. The maximum absolute atomic E-state index is 12.8. The number of benzene rings is 2. The lowest BCUT2D eigenvalue weighted by atomic mass is 10.2. The van der Waals surface area contributed by atoms with Crippen LogP contribution < -0.4 is 16.3 Å². The summed E-state index contributed by atoms with van der Waals surface area (Å²) in [6.07, 6.45) is 1.32. The molecular formula is C20H18ClN5O3. The van der Waals surface area contributed by atoms with Crippen LogP contribution in [-0.2, 0) is 16.6 Å². The highest BCUT2D eigenvalue weighted by Crippen LogP contribution is 2.14. The topological polar surface area (TPSA) is 97.5 Å². The predicted octanol–water partition coefficient (Wildman–Crippen LogP) is 2.23. The molecule has 9 heteroatoms. The van der Waals surface area contributed by atoms with Gasteiger partial charge in [-0.1, -0.05) is 48.0 Å². The number of rotatable bonds is 4. The van der Waals surface area contributed by atoms with Crippen molar-refractivity contribution in [2.45, 2.75) is 6.92 Å². The molecule has 2 amide bonds. The van der Waals surface area contributed by atoms with E-state index < -0.39 is 17.4 Å². The van der Waals surface area contributed by atoms with E-state index in [1.807, 2.05) is 6.07 Å². The van der Waals surface area contributed by atoms with E-state index in [1.54, 1.807) is 67.2 Å². The molecule has 0 unspecified atom stereocenters. The lowest BCUT2D eigenvalue weighted by molar-refractivity contribution is -0.136. The first-order valence-corrected chi connectivity index (χ1v) is 9.01. The Morgan fingerprint density at radius 1 is 1.03 bits per heavy atom. The molecule has 2 aromatic carbocycles. The van der Waals surface area contributed by atoms with Crippen molar-refractivity contribution in [1.29, 1.82) is 0 Å². The van der Waals surface area contributed by atoms with Crippen LogP contribution in [0, 0.1) is 6.92 Å². The first-order valence-electron chi connectivity index (χ1n) is 8.63. The van der Waals surface area contributed by atoms with Crippen molar-refractivity contribution in [3.05, 3.63) is 81.2 Å². The lowest BCUT2D eigenvalue weighted by Gasteiger charge is -2.07. The summed E-state index contributed by atoms with van der Waals surface area (Å²) in [6.45, 7) is 1.67. The third kappa shape index (κ3) is 4.27. The fourth-order valence-electron chi connectivity index (χ4n) is 2.67. The molecule has 0 atom stereocenters. The maximum Gasteiger partial charge on any atom is 0.329 e. The number of hydrazone groups is 1. The third-order valence-corrected chi connectivity index (χ3v) is 4.62. The normalized spacial score (nSPS) is 10.9. The number of carbonyl (C=O) groups excluding carboxylic acids is 2. The average molecular weight is 412 g/mol. The molecule has 29 heavy (non-hydrogen) atoms. The van der Waals surface area contributed by atoms with Gasteiger partial charge < -0.3 is 5.32 Å². The van der Waals surface area contributed by atoms with E-state index in [2.05, 4.69) is 15.8 Å². The minimum Gasteiger partial charge on any atom is -0.311 e. The van der Waals surface area contributed by atoms with Crippen LogP contribution in [0.1, 0.15) is 11.3 Å². The number of aromatic nitrogens is 2. The second kappa shape index (κ2) is 8.57. The summed E-state index contributed by atoms with van der Waals surface area (Å²) in [6, 6.07) is 15.9. The molecule has 0 fully saturated rings. The Bertz CT molecular complexity index is 1150. The monoisotopic (exact) mass is 411 g/mol. The molecule has 0 spiro atoms. The van der Waals surface area contributed by atoms with Crippen LogP contribution in [0.2, 0.25) is 5.02 Å². The van der Waals surface area contributed by atoms with Crippen molar-refractivity contribution in [2.75, 3.05) is 5.32 Å². The molecule has 0 saturated heterocycles. The molecule has 0 aliphatic carbocycles. The first-order chi connectivity index (χ1) is 13.9. The molecular weight excluding hydrogens is 394 g/mol. The van der Waals surface area contributed by atoms with E-state index >= 15 is 0 Å². The van der Waals surface area contributed by atoms with Gasteiger partial charge in [-0.15, -0.1) is 0 Å². The van der Waals surface area contributed by atoms with Crippen molar-refractivity contribution in [3.8, 4) is 5.69 Å². The molecule has 3 rings (SSSR count). The SMILES string of the molecule is Cc1c(NC(=O)C(=O)NN=Cc2ccccc2Cl)c(=O)n(-c2ccccc2)n1C. The second-order valence-corrected chi connectivity index (χ2v) is 6.52. The van der Waals surface area contributed by atoms with E-state index in [0.717, 1.165) is 0 Å². The predicted molar refractivity (Wildman–Crippen MR) is 112 cm³/mol. The lowest BCUT2D eigenvalue weighted by Crippen LogP contribution is -2.34. The van der Waals surface area contributed by atoms with Gasteiger partial charge in [-0.05, 0) is 25.1 Å². The molecule has 0 aliphatic heterocycles. The molecule has 0 aliphatic rings. The van der Waals surface area contributed by atoms with Crippen molar-refractivity contribution in [1.82, 2.24) is 14.8 Å². The average Bonchev–Trinajstić information content (AvgIpc) is 2.93. The largest absolute Gasteiger partial charge is 0.329 e. The Morgan fingerprint density at radius 3 is 2.38 bits per heavy atom. The number of carbonyl (C=O) groups is 2. The minimum atomic E-state index is -1.01. The molecule has 0 saturated carbocycles. The third-order valence-electron chi connectivity index (χ3n) is 4.27. The fourth-order valence-corrected chi connectivity index (χ4v) is 2.86. The van der Waals surface area contributed by atoms with Gasteiger partial charge in [-0.25, -0.2) is 10.1 Å². The maximum atomic E-state index is 12.8. The number of hydrogen-bond acceptors (Lipinski definition) is 4. The Morgan fingerprint density at radius 2 is 1.69 bits per heavy atom. The smallest absolute Gasteiger partial charge is 0.311 e. The number of para-hydroxylation sites is 1. The number of amides is 2. The number of hydrogen-bond donors (Lipinski definition) is 2. The van der Waals surface area contributed by atoms with Gasteiger partial charge in [0, 0.05) is 17.6 Å². The molecule has 3 aromatic rings. The van der Waals surface area contributed by atoms with Crippen LogP contribution in [0.3, 0.4) is 0 Å². The van der Waals surface area contributed by atoms with Crippen LogP contribution in [-0.4, -0.2) is 27.4 Å². The van der Waals surface area contributed by atoms with Crippen LogP contribution in [0.15, 0.2) is 64.5 Å². The Balaban J connectivity index is 1.75. The minimum absolute atomic E-state index is 0.0200. The highest BCUT2D eigenvalue weighted by Gasteiger charge is 2.21. The summed E-state index contributed by atoms with van der Waals surface area (Å²) < 4.78 is 3.00. The van der Waals surface area contributed by atoms with E-state index in [9.17, 15) is 14.4 Å². The van der Waals surface area contributed by atoms with Gasteiger partial charge in [0.2, 0.25) is 0 Å². The Labute approximate surface area is 171 Å². The Hall–Kier alpha value is -3.65. The van der Waals surface area contributed by atoms with Crippen molar-refractivity contribution in [2.24, 2.45) is 12.1 Å². The Kier molecular flexibility index (Phi) is 5.94. The summed E-state index contributed by atoms with van der Waals surface area (Å²) in [5.74, 6) is -2.02. The first kappa shape index (κ1) is 20.1. The van der Waals surface area contributed by atoms with Gasteiger partial charge in [0.1, 0.15) is 5.69 Å². The molecule has 1 heterocycles. The van der Waals surface area contributed by atoms with Gasteiger partial charge >= 0.3 is 11.8 Å². The van der Waals surface area contributed by atoms with Crippen LogP contribution >= 0.6 is 11.6 Å². The van der Waals surface area contributed by atoms with Gasteiger partial charge in [0.15, 0.2) is 0 Å². The zero-order valence-electron chi connectivity index (χ0n) is 15.7. The molecule has 0 radical (unpaired) electrons. The number of halogens is 1. The van der Waals surface area contributed by atoms with Crippen molar-refractivity contribution >= 4 is 35.3 Å². The van der Waals surface area contributed by atoms with Gasteiger partial charge in [0.05, 0.1) is 17.6 Å². The van der Waals surface area contributed by atoms with E-state index in [0.29, 0.717) is 22.0 Å². The van der Waals surface area contributed by atoms with Crippen LogP contribution in [0.4, 0.5) is 5.69 Å². The highest BCUT2D eigenvalue weighted by atomic mass is 35.5. The zero-order valence-corrected chi connectivity index (χ0v) is 16.5. The number of nitrogens with zero attached hydrogens (tertiary/aromatic N) is 3. The van der Waals surface area contributed by atoms with Gasteiger partial charge in [0.25, 0.3) is 5.56 Å². The molecule has 0 bridgehead atoms. The molecule has 2 N–H and O–H groups in total. The van der Waals surface area contributed by atoms with E-state index in [-0.39, 0.29) is 5.69 Å². The van der Waals surface area contributed by atoms with Crippen LogP contribution in [0.25, 0.3) is 5.69 Å². The molecule has 148 valence electrons. The highest BCUT2D eigenvalue weighted by molar-refractivity contribution is 6.39. The van der Waals surface area contributed by atoms with E-state index in [1.165, 1.54) is 10.9 Å². The van der Waals surface area contributed by atoms with Crippen molar-refractivity contribution in [3.63, 3.8) is 0 Å². The molecule has 8 nitrogen and oxygen atoms in total. The van der Waals surface area contributed by atoms with Gasteiger partial charge in [-0.3, -0.25) is 19.1 Å². The second-order valence-electron chi connectivity index (χ2n) is 6.11. The summed E-state index contributed by atoms with van der Waals surface area (Å²) in [4.78, 5) is 37.0. The van der Waals surface area contributed by atoms with E-state index in [4.69, 9.17) is 11.6 Å². The standard InChI is InChI=1S/C20H18ClN5O3/c1-13-17(20(29)26(25(13)2)15-9-4-3-5-10-15)23-18(27)19(28)24-22-12-14-8-6-7-11-16(14)21/h3-12H,1-2H3,(H,23,27)(H,24,28). The number of nitrogens with one attached hydrogen (secondary N) is 2. The van der Waals surface area contributed by atoms with Gasteiger partial charge in [-0.2, -0.15) is 5.10 Å². The summed E-state index contributed by atoms with van der Waals surface area (Å²) in [5.41, 5.74) is 3.41. The summed E-state index contributed by atoms with van der Waals surface area (Å²) >= 11 is 5.99.